The van der Waals surface area contributed by atoms with E-state index in [1.165, 1.54) is 0 Å². The number of hydrogen-bond donors (Lipinski definition) is 0. The summed E-state index contributed by atoms with van der Waals surface area (Å²) >= 11 is 0. The first-order chi connectivity index (χ1) is 14.2. The monoisotopic (exact) mass is 389 g/mol. The van der Waals surface area contributed by atoms with Crippen molar-refractivity contribution in [3.8, 4) is 11.1 Å². The van der Waals surface area contributed by atoms with Crippen molar-refractivity contribution >= 4 is 11.6 Å². The zero-order chi connectivity index (χ0) is 19.4. The van der Waals surface area contributed by atoms with E-state index in [-0.39, 0.29) is 11.9 Å². The maximum Gasteiger partial charge on any atom is 0.226 e. The van der Waals surface area contributed by atoms with Gasteiger partial charge in [-0.1, -0.05) is 30.3 Å². The van der Waals surface area contributed by atoms with Gasteiger partial charge in [0.2, 0.25) is 5.91 Å². The van der Waals surface area contributed by atoms with Gasteiger partial charge in [0.1, 0.15) is 0 Å². The number of fused-ring (bicyclic) bond motifs is 1. The summed E-state index contributed by atoms with van der Waals surface area (Å²) in [4.78, 5) is 21.6. The highest BCUT2D eigenvalue weighted by Crippen LogP contribution is 2.45. The Morgan fingerprint density at radius 3 is 2.97 bits per heavy atom. The number of carbonyl (C=O) groups is 1. The molecule has 0 unspecified atom stereocenters. The quantitative estimate of drug-likeness (QED) is 0.688. The minimum absolute atomic E-state index is 0.128. The van der Waals surface area contributed by atoms with Crippen LogP contribution in [0.5, 0.6) is 0 Å². The molecular formula is C22H23N5O2. The smallest absolute Gasteiger partial charge is 0.226 e. The Bertz CT molecular complexity index is 1080. The summed E-state index contributed by atoms with van der Waals surface area (Å²) in [6.07, 6.45) is 8.23. The van der Waals surface area contributed by atoms with Gasteiger partial charge in [0, 0.05) is 56.0 Å². The van der Waals surface area contributed by atoms with Crippen molar-refractivity contribution in [1.29, 1.82) is 0 Å². The number of amides is 1. The fraction of sp³-hybridized carbons (Fsp3) is 0.409. The van der Waals surface area contributed by atoms with Gasteiger partial charge in [0.05, 0.1) is 18.8 Å². The van der Waals surface area contributed by atoms with Crippen molar-refractivity contribution in [1.82, 2.24) is 24.4 Å². The molecule has 3 aromatic rings. The van der Waals surface area contributed by atoms with E-state index in [1.807, 2.05) is 40.0 Å². The summed E-state index contributed by atoms with van der Waals surface area (Å²) in [6.45, 7) is 3.25. The molecule has 7 nitrogen and oxygen atoms in total. The largest absolute Gasteiger partial charge is 0.354 e. The van der Waals surface area contributed by atoms with Crippen LogP contribution in [0.25, 0.3) is 16.8 Å². The molecule has 3 aliphatic rings. The molecule has 1 aromatic carbocycles. The Hall–Kier alpha value is -2.77. The highest BCUT2D eigenvalue weighted by atomic mass is 16.5. The maximum atomic E-state index is 12.5. The molecule has 0 N–H and O–H groups in total. The van der Waals surface area contributed by atoms with Crippen LogP contribution in [0.3, 0.4) is 0 Å². The van der Waals surface area contributed by atoms with Crippen LogP contribution in [-0.2, 0) is 16.1 Å². The summed E-state index contributed by atoms with van der Waals surface area (Å²) < 4.78 is 8.06. The third-order valence-corrected chi connectivity index (χ3v) is 6.60. The summed E-state index contributed by atoms with van der Waals surface area (Å²) in [5.41, 5.74) is 3.70. The molecule has 2 aromatic heterocycles. The van der Waals surface area contributed by atoms with Crippen molar-refractivity contribution < 1.29 is 9.53 Å². The van der Waals surface area contributed by atoms with E-state index in [1.54, 1.807) is 0 Å². The number of hydrogen-bond acceptors (Lipinski definition) is 5. The van der Waals surface area contributed by atoms with Crippen LogP contribution in [0.2, 0.25) is 0 Å². The van der Waals surface area contributed by atoms with E-state index < -0.39 is 5.72 Å². The highest BCUT2D eigenvalue weighted by Gasteiger charge is 2.60. The van der Waals surface area contributed by atoms with Gasteiger partial charge in [0.25, 0.3) is 0 Å². The van der Waals surface area contributed by atoms with Gasteiger partial charge in [-0.05, 0) is 12.0 Å². The Labute approximate surface area is 168 Å². The van der Waals surface area contributed by atoms with Crippen molar-refractivity contribution in [2.75, 3.05) is 19.7 Å². The second kappa shape index (κ2) is 6.37. The van der Waals surface area contributed by atoms with Gasteiger partial charge in [0.15, 0.2) is 11.4 Å². The normalized spacial score (nSPS) is 26.8. The molecule has 6 rings (SSSR count). The second-order valence-electron chi connectivity index (χ2n) is 8.19. The lowest BCUT2D eigenvalue weighted by atomic mass is 10.0. The first-order valence-corrected chi connectivity index (χ1v) is 10.3. The van der Waals surface area contributed by atoms with Gasteiger partial charge in [-0.25, -0.2) is 9.50 Å². The molecule has 0 saturated carbocycles. The molecule has 3 saturated heterocycles. The number of carbonyl (C=O) groups excluding carboxylic acids is 1. The van der Waals surface area contributed by atoms with Crippen LogP contribution in [-0.4, -0.2) is 61.8 Å². The van der Waals surface area contributed by atoms with Gasteiger partial charge in [-0.15, -0.1) is 0 Å². The first-order valence-electron chi connectivity index (χ1n) is 10.3. The van der Waals surface area contributed by atoms with E-state index in [4.69, 9.17) is 9.72 Å². The van der Waals surface area contributed by atoms with Crippen LogP contribution >= 0.6 is 0 Å². The molecule has 29 heavy (non-hydrogen) atoms. The van der Waals surface area contributed by atoms with E-state index in [0.29, 0.717) is 6.42 Å². The van der Waals surface area contributed by atoms with Crippen molar-refractivity contribution in [2.24, 2.45) is 0 Å². The number of aromatic nitrogens is 3. The van der Waals surface area contributed by atoms with Crippen LogP contribution in [0.15, 0.2) is 48.9 Å². The fourth-order valence-corrected chi connectivity index (χ4v) is 5.27. The zero-order valence-electron chi connectivity index (χ0n) is 16.2. The van der Waals surface area contributed by atoms with Crippen LogP contribution in [0, 0.1) is 0 Å². The summed E-state index contributed by atoms with van der Waals surface area (Å²) in [5, 5.41) is 4.52. The third-order valence-electron chi connectivity index (χ3n) is 6.60. The molecule has 2 atom stereocenters. The van der Waals surface area contributed by atoms with E-state index >= 15 is 0 Å². The van der Waals surface area contributed by atoms with Crippen LogP contribution in [0.1, 0.15) is 24.8 Å². The number of ether oxygens (including phenoxy) is 1. The fourth-order valence-electron chi connectivity index (χ4n) is 5.27. The van der Waals surface area contributed by atoms with Gasteiger partial charge in [-0.2, -0.15) is 5.10 Å². The summed E-state index contributed by atoms with van der Waals surface area (Å²) in [5.74, 6) is 0.229. The molecule has 3 fully saturated rings. The average molecular weight is 389 g/mol. The lowest BCUT2D eigenvalue weighted by molar-refractivity contribution is -0.180. The minimum Gasteiger partial charge on any atom is -0.354 e. The topological polar surface area (TPSA) is 63.0 Å². The Kier molecular flexibility index (Phi) is 3.76. The number of rotatable bonds is 3. The summed E-state index contributed by atoms with van der Waals surface area (Å²) in [6, 6.07) is 10.3. The van der Waals surface area contributed by atoms with Gasteiger partial charge < -0.3 is 9.64 Å². The summed E-state index contributed by atoms with van der Waals surface area (Å²) in [7, 11) is 0. The van der Waals surface area contributed by atoms with Crippen molar-refractivity contribution in [3.63, 3.8) is 0 Å². The van der Waals surface area contributed by atoms with Crippen molar-refractivity contribution in [3.05, 3.63) is 54.5 Å². The third kappa shape index (κ3) is 2.54. The average Bonchev–Trinajstić information content (AvgIpc) is 3.40. The predicted octanol–water partition coefficient (Wildman–Crippen LogP) is 2.32. The number of benzene rings is 1. The molecular weight excluding hydrogens is 366 g/mol. The zero-order valence-corrected chi connectivity index (χ0v) is 16.2. The SMILES string of the molecule is O=C1C[C@H]2N(Cc3cnc4c(-c5ccccc5)cnn4c3)CC[C@]23OCCCN13. The first kappa shape index (κ1) is 17.1. The van der Waals surface area contributed by atoms with Crippen molar-refractivity contribution in [2.45, 2.75) is 37.6 Å². The lowest BCUT2D eigenvalue weighted by Gasteiger charge is -2.42. The Balaban J connectivity index is 1.27. The highest BCUT2D eigenvalue weighted by molar-refractivity contribution is 5.81. The molecule has 1 spiro atoms. The van der Waals surface area contributed by atoms with Crippen LogP contribution < -0.4 is 0 Å². The van der Waals surface area contributed by atoms with E-state index in [9.17, 15) is 4.79 Å². The Morgan fingerprint density at radius 2 is 2.07 bits per heavy atom. The second-order valence-corrected chi connectivity index (χ2v) is 8.19. The molecule has 3 aliphatic heterocycles. The van der Waals surface area contributed by atoms with Crippen LogP contribution in [0.4, 0.5) is 0 Å². The molecule has 7 heteroatoms. The Morgan fingerprint density at radius 1 is 1.17 bits per heavy atom. The lowest BCUT2D eigenvalue weighted by Crippen LogP contribution is -2.56. The molecule has 0 bridgehead atoms. The minimum atomic E-state index is -0.404. The maximum absolute atomic E-state index is 12.5. The molecule has 0 aliphatic carbocycles. The molecule has 1 amide bonds. The molecule has 5 heterocycles. The standard InChI is InChI=1S/C22H23N5O2/c28-20-11-19-22(26(20)8-4-10-29-22)7-9-25(19)14-16-12-23-21-18(13-24-27(21)15-16)17-5-2-1-3-6-17/h1-3,5-6,12-13,15,19H,4,7-11,14H2/t19-,22+/m1/s1. The van der Waals surface area contributed by atoms with E-state index in [2.05, 4.69) is 28.3 Å². The molecule has 0 radical (unpaired) electrons. The number of nitrogens with zero attached hydrogens (tertiary/aromatic N) is 5. The van der Waals surface area contributed by atoms with Gasteiger partial charge in [-0.3, -0.25) is 9.69 Å². The predicted molar refractivity (Wildman–Crippen MR) is 107 cm³/mol. The van der Waals surface area contributed by atoms with Gasteiger partial charge >= 0.3 is 0 Å². The van der Waals surface area contributed by atoms with E-state index in [0.717, 1.165) is 61.4 Å². The number of likely N-dealkylation sites (tertiary alicyclic amines) is 1. The molecule has 148 valence electrons.